The van der Waals surface area contributed by atoms with E-state index in [2.05, 4.69) is 0 Å². The van der Waals surface area contributed by atoms with Crippen LogP contribution in [0.3, 0.4) is 0 Å². The number of ether oxygens (including phenoxy) is 2. The summed E-state index contributed by atoms with van der Waals surface area (Å²) in [6.45, 7) is 5.57. The lowest BCUT2D eigenvalue weighted by molar-refractivity contribution is -0.130. The predicted octanol–water partition coefficient (Wildman–Crippen LogP) is 1.13. The minimum Gasteiger partial charge on any atom is -0.490 e. The third-order valence-electron chi connectivity index (χ3n) is 3.46. The molecular formula is C16H20N2O5. The van der Waals surface area contributed by atoms with Gasteiger partial charge in [0.1, 0.15) is 12.8 Å². The average Bonchev–Trinajstić information content (AvgIpc) is 2.49. The standard InChI is InChI=1S/C16H20N2O5/c1-4-22-12-6-10(8-19)5-11-15(12)23-14(9(2)3)16(21)18(11)7-13(17)20/h5-6,8-9,14H,4,7H2,1-3H3,(H2,17,20). The molecule has 7 heteroatoms. The van der Waals surface area contributed by atoms with E-state index in [0.717, 1.165) is 0 Å². The first kappa shape index (κ1) is 16.8. The fourth-order valence-electron chi connectivity index (χ4n) is 2.45. The topological polar surface area (TPSA) is 98.9 Å². The molecule has 7 nitrogen and oxygen atoms in total. The number of aldehydes is 1. The Bertz CT molecular complexity index is 642. The summed E-state index contributed by atoms with van der Waals surface area (Å²) >= 11 is 0. The highest BCUT2D eigenvalue weighted by molar-refractivity contribution is 6.05. The molecule has 2 amide bonds. The Morgan fingerprint density at radius 3 is 2.70 bits per heavy atom. The molecule has 0 aromatic heterocycles. The second kappa shape index (κ2) is 6.68. The van der Waals surface area contributed by atoms with Crippen molar-refractivity contribution in [3.63, 3.8) is 0 Å². The summed E-state index contributed by atoms with van der Waals surface area (Å²) in [5, 5.41) is 0. The third kappa shape index (κ3) is 3.28. The number of amides is 2. The molecule has 2 N–H and O–H groups in total. The molecule has 0 fully saturated rings. The van der Waals surface area contributed by atoms with Crippen molar-refractivity contribution in [2.75, 3.05) is 18.1 Å². The number of primary amides is 1. The number of nitrogens with two attached hydrogens (primary N) is 1. The van der Waals surface area contributed by atoms with Gasteiger partial charge in [0.2, 0.25) is 5.91 Å². The normalized spacial score (nSPS) is 16.8. The zero-order valence-corrected chi connectivity index (χ0v) is 13.4. The van der Waals surface area contributed by atoms with Crippen molar-refractivity contribution in [1.82, 2.24) is 0 Å². The maximum absolute atomic E-state index is 12.6. The maximum Gasteiger partial charge on any atom is 0.268 e. The maximum atomic E-state index is 12.6. The Labute approximate surface area is 134 Å². The highest BCUT2D eigenvalue weighted by atomic mass is 16.5. The van der Waals surface area contributed by atoms with Crippen molar-refractivity contribution >= 4 is 23.8 Å². The van der Waals surface area contributed by atoms with E-state index in [1.165, 1.54) is 11.0 Å². The fraction of sp³-hybridized carbons (Fsp3) is 0.438. The van der Waals surface area contributed by atoms with Crippen molar-refractivity contribution in [3.05, 3.63) is 17.7 Å². The second-order valence-corrected chi connectivity index (χ2v) is 5.59. The average molecular weight is 320 g/mol. The summed E-state index contributed by atoms with van der Waals surface area (Å²) in [6.07, 6.45) is -0.104. The molecule has 1 aromatic rings. The molecule has 23 heavy (non-hydrogen) atoms. The van der Waals surface area contributed by atoms with E-state index in [0.29, 0.717) is 35.6 Å². The molecule has 1 atom stereocenters. The number of fused-ring (bicyclic) bond motifs is 1. The predicted molar refractivity (Wildman–Crippen MR) is 83.8 cm³/mol. The second-order valence-electron chi connectivity index (χ2n) is 5.59. The van der Waals surface area contributed by atoms with E-state index in [9.17, 15) is 14.4 Å². The van der Waals surface area contributed by atoms with Gasteiger partial charge in [-0.15, -0.1) is 0 Å². The van der Waals surface area contributed by atoms with Crippen LogP contribution < -0.4 is 20.1 Å². The monoisotopic (exact) mass is 320 g/mol. The van der Waals surface area contributed by atoms with Gasteiger partial charge in [0.05, 0.1) is 12.3 Å². The highest BCUT2D eigenvalue weighted by Crippen LogP contribution is 2.43. The summed E-state index contributed by atoms with van der Waals surface area (Å²) in [5.41, 5.74) is 5.90. The van der Waals surface area contributed by atoms with Crippen LogP contribution in [0.1, 0.15) is 31.1 Å². The minimum absolute atomic E-state index is 0.105. The lowest BCUT2D eigenvalue weighted by atomic mass is 10.0. The first-order chi connectivity index (χ1) is 10.9. The number of nitrogens with zero attached hydrogens (tertiary/aromatic N) is 1. The number of carbonyl (C=O) groups excluding carboxylic acids is 3. The SMILES string of the molecule is CCOc1cc(C=O)cc2c1OC(C(C)C)C(=O)N2CC(N)=O. The molecule has 1 aliphatic rings. The summed E-state index contributed by atoms with van der Waals surface area (Å²) in [5.74, 6) is -0.414. The van der Waals surface area contributed by atoms with Crippen molar-refractivity contribution in [3.8, 4) is 11.5 Å². The lowest BCUT2D eigenvalue weighted by Gasteiger charge is -2.36. The van der Waals surface area contributed by atoms with Gasteiger partial charge in [0.25, 0.3) is 5.91 Å². The van der Waals surface area contributed by atoms with Gasteiger partial charge >= 0.3 is 0 Å². The van der Waals surface area contributed by atoms with Gasteiger partial charge in [-0.05, 0) is 25.0 Å². The molecule has 0 bridgehead atoms. The van der Waals surface area contributed by atoms with Crippen LogP contribution in [0.4, 0.5) is 5.69 Å². The number of carbonyl (C=O) groups is 3. The lowest BCUT2D eigenvalue weighted by Crippen LogP contribution is -2.51. The van der Waals surface area contributed by atoms with Gasteiger partial charge in [-0.3, -0.25) is 19.3 Å². The van der Waals surface area contributed by atoms with Crippen LogP contribution in [0.25, 0.3) is 0 Å². The molecule has 0 radical (unpaired) electrons. The van der Waals surface area contributed by atoms with Gasteiger partial charge in [-0.25, -0.2) is 0 Å². The van der Waals surface area contributed by atoms with Crippen LogP contribution in [0, 0.1) is 5.92 Å². The highest BCUT2D eigenvalue weighted by Gasteiger charge is 2.38. The number of rotatable bonds is 6. The van der Waals surface area contributed by atoms with Crippen LogP contribution in [0.2, 0.25) is 0 Å². The first-order valence-corrected chi connectivity index (χ1v) is 7.41. The number of benzene rings is 1. The summed E-state index contributed by atoms with van der Waals surface area (Å²) < 4.78 is 11.3. The molecule has 1 aromatic carbocycles. The van der Waals surface area contributed by atoms with Crippen molar-refractivity contribution in [2.45, 2.75) is 26.9 Å². The Morgan fingerprint density at radius 1 is 1.48 bits per heavy atom. The van der Waals surface area contributed by atoms with Gasteiger partial charge in [-0.1, -0.05) is 13.8 Å². The quantitative estimate of drug-likeness (QED) is 0.792. The van der Waals surface area contributed by atoms with E-state index in [1.54, 1.807) is 13.0 Å². The van der Waals surface area contributed by atoms with Crippen molar-refractivity contribution in [1.29, 1.82) is 0 Å². The van der Waals surface area contributed by atoms with E-state index >= 15 is 0 Å². The molecule has 0 saturated carbocycles. The Morgan fingerprint density at radius 2 is 2.17 bits per heavy atom. The molecule has 2 rings (SSSR count). The Kier molecular flexibility index (Phi) is 4.88. The Balaban J connectivity index is 2.62. The summed E-state index contributed by atoms with van der Waals surface area (Å²) in [7, 11) is 0. The molecule has 1 unspecified atom stereocenters. The Hall–Kier alpha value is -2.57. The molecule has 0 saturated heterocycles. The molecule has 0 spiro atoms. The van der Waals surface area contributed by atoms with Gasteiger partial charge in [0, 0.05) is 5.56 Å². The fourth-order valence-corrected chi connectivity index (χ4v) is 2.45. The van der Waals surface area contributed by atoms with Gasteiger partial charge in [0.15, 0.2) is 17.6 Å². The van der Waals surface area contributed by atoms with E-state index < -0.39 is 12.0 Å². The summed E-state index contributed by atoms with van der Waals surface area (Å²) in [6, 6.07) is 3.03. The smallest absolute Gasteiger partial charge is 0.268 e. The van der Waals surface area contributed by atoms with Crippen molar-refractivity contribution < 1.29 is 23.9 Å². The van der Waals surface area contributed by atoms with Crippen LogP contribution >= 0.6 is 0 Å². The van der Waals surface area contributed by atoms with Crippen LogP contribution in [-0.2, 0) is 9.59 Å². The number of hydrogen-bond donors (Lipinski definition) is 1. The van der Waals surface area contributed by atoms with E-state index in [1.807, 2.05) is 13.8 Å². The van der Waals surface area contributed by atoms with Gasteiger partial charge in [-0.2, -0.15) is 0 Å². The van der Waals surface area contributed by atoms with E-state index in [4.69, 9.17) is 15.2 Å². The molecule has 0 aliphatic carbocycles. The largest absolute Gasteiger partial charge is 0.490 e. The van der Waals surface area contributed by atoms with Crippen LogP contribution in [0.5, 0.6) is 11.5 Å². The molecule has 1 aliphatic heterocycles. The zero-order valence-electron chi connectivity index (χ0n) is 13.4. The first-order valence-electron chi connectivity index (χ1n) is 7.41. The zero-order chi connectivity index (χ0) is 17.1. The van der Waals surface area contributed by atoms with Crippen LogP contribution in [0.15, 0.2) is 12.1 Å². The summed E-state index contributed by atoms with van der Waals surface area (Å²) in [4.78, 5) is 36.3. The van der Waals surface area contributed by atoms with Crippen molar-refractivity contribution in [2.24, 2.45) is 11.7 Å². The minimum atomic E-state index is -0.747. The molecule has 124 valence electrons. The third-order valence-corrected chi connectivity index (χ3v) is 3.46. The molecule has 1 heterocycles. The van der Waals surface area contributed by atoms with Crippen LogP contribution in [-0.4, -0.2) is 37.4 Å². The number of anilines is 1. The molecular weight excluding hydrogens is 300 g/mol. The van der Waals surface area contributed by atoms with E-state index in [-0.39, 0.29) is 18.4 Å². The van der Waals surface area contributed by atoms with Gasteiger partial charge < -0.3 is 15.2 Å². The number of hydrogen-bond acceptors (Lipinski definition) is 5.